The van der Waals surface area contributed by atoms with Crippen LogP contribution in [0.5, 0.6) is 0 Å². The van der Waals surface area contributed by atoms with Crippen LogP contribution < -0.4 is 0 Å². The number of nitrogens with zero attached hydrogens (tertiary/aromatic N) is 2. The largest absolute Gasteiger partial charge is 0.297 e. The predicted molar refractivity (Wildman–Crippen MR) is 90.8 cm³/mol. The van der Waals surface area contributed by atoms with Crippen molar-refractivity contribution in [1.29, 1.82) is 0 Å². The predicted octanol–water partition coefficient (Wildman–Crippen LogP) is 4.92. The maximum atomic E-state index is 4.83. The maximum absolute atomic E-state index is 4.83. The molecule has 3 heteroatoms. The molecule has 3 rings (SSSR count). The van der Waals surface area contributed by atoms with E-state index in [4.69, 9.17) is 4.98 Å². The molecule has 0 atom stereocenters. The molecule has 2 heterocycles. The zero-order valence-corrected chi connectivity index (χ0v) is 13.8. The average molecular weight is 300 g/mol. The summed E-state index contributed by atoms with van der Waals surface area (Å²) in [5.41, 5.74) is 3.75. The van der Waals surface area contributed by atoms with Crippen molar-refractivity contribution in [3.8, 4) is 11.3 Å². The molecule has 1 aromatic carbocycles. The van der Waals surface area contributed by atoms with E-state index in [1.165, 1.54) is 48.5 Å². The molecule has 1 aliphatic rings. The molecule has 2 nitrogen and oxygen atoms in total. The van der Waals surface area contributed by atoms with Gasteiger partial charge in [0, 0.05) is 10.9 Å². The first kappa shape index (κ1) is 14.7. The van der Waals surface area contributed by atoms with Crippen LogP contribution in [0.2, 0.25) is 0 Å². The molecule has 0 amide bonds. The van der Waals surface area contributed by atoms with Gasteiger partial charge in [0.25, 0.3) is 0 Å². The van der Waals surface area contributed by atoms with Crippen LogP contribution in [0.25, 0.3) is 11.3 Å². The van der Waals surface area contributed by atoms with Gasteiger partial charge in [0.15, 0.2) is 0 Å². The number of benzene rings is 1. The fraction of sp³-hybridized carbons (Fsp3) is 0.500. The third-order valence-corrected chi connectivity index (χ3v) is 5.07. The molecule has 21 heavy (non-hydrogen) atoms. The number of piperidine rings is 1. The van der Waals surface area contributed by atoms with Crippen molar-refractivity contribution < 1.29 is 0 Å². The molecule has 112 valence electrons. The minimum absolute atomic E-state index is 0.587. The van der Waals surface area contributed by atoms with E-state index in [0.717, 1.165) is 12.2 Å². The molecule has 1 aromatic heterocycles. The monoisotopic (exact) mass is 300 g/mol. The first-order valence-electron chi connectivity index (χ1n) is 7.99. The molecule has 0 saturated carbocycles. The summed E-state index contributed by atoms with van der Waals surface area (Å²) in [6.07, 6.45) is 4.08. The van der Waals surface area contributed by atoms with Crippen molar-refractivity contribution in [2.24, 2.45) is 0 Å². The topological polar surface area (TPSA) is 16.1 Å². The second kappa shape index (κ2) is 6.71. The molecule has 0 aliphatic carbocycles. The van der Waals surface area contributed by atoms with Gasteiger partial charge in [-0.3, -0.25) is 4.90 Å². The lowest BCUT2D eigenvalue weighted by Gasteiger charge is -2.25. The molecule has 0 bridgehead atoms. The fourth-order valence-corrected chi connectivity index (χ4v) is 3.71. The summed E-state index contributed by atoms with van der Waals surface area (Å²) >= 11 is 1.80. The Morgan fingerprint density at radius 3 is 2.48 bits per heavy atom. The fourth-order valence-electron chi connectivity index (χ4n) is 2.86. The van der Waals surface area contributed by atoms with Gasteiger partial charge >= 0.3 is 0 Å². The summed E-state index contributed by atoms with van der Waals surface area (Å²) in [7, 11) is 0. The van der Waals surface area contributed by atoms with Crippen LogP contribution in [0.15, 0.2) is 29.6 Å². The van der Waals surface area contributed by atoms with Gasteiger partial charge in [0.1, 0.15) is 5.01 Å². The highest BCUT2D eigenvalue weighted by Crippen LogP contribution is 2.25. The number of hydrogen-bond acceptors (Lipinski definition) is 3. The van der Waals surface area contributed by atoms with Crippen LogP contribution in [-0.4, -0.2) is 23.0 Å². The van der Waals surface area contributed by atoms with Crippen molar-refractivity contribution in [1.82, 2.24) is 9.88 Å². The Bertz CT molecular complexity index is 565. The molecule has 2 aromatic rings. The third kappa shape index (κ3) is 3.72. The molecule has 0 spiro atoms. The first-order valence-corrected chi connectivity index (χ1v) is 8.87. The lowest BCUT2D eigenvalue weighted by molar-refractivity contribution is 0.220. The molecule has 0 N–H and O–H groups in total. The van der Waals surface area contributed by atoms with Gasteiger partial charge in [-0.1, -0.05) is 44.5 Å². The molecular formula is C18H24N2S. The maximum Gasteiger partial charge on any atom is 0.107 e. The van der Waals surface area contributed by atoms with Crippen molar-refractivity contribution in [3.05, 3.63) is 40.2 Å². The highest BCUT2D eigenvalue weighted by Gasteiger charge is 2.13. The average Bonchev–Trinajstić information content (AvgIpc) is 2.97. The summed E-state index contributed by atoms with van der Waals surface area (Å²) in [5, 5.41) is 3.45. The summed E-state index contributed by atoms with van der Waals surface area (Å²) < 4.78 is 0. The molecule has 1 fully saturated rings. The molecule has 0 unspecified atom stereocenters. The van der Waals surface area contributed by atoms with E-state index in [1.54, 1.807) is 11.3 Å². The number of aromatic nitrogens is 1. The zero-order valence-electron chi connectivity index (χ0n) is 13.0. The molecule has 0 radical (unpaired) electrons. The minimum Gasteiger partial charge on any atom is -0.297 e. The smallest absolute Gasteiger partial charge is 0.107 e. The van der Waals surface area contributed by atoms with E-state index in [1.807, 2.05) is 0 Å². The van der Waals surface area contributed by atoms with E-state index in [2.05, 4.69) is 48.4 Å². The Hall–Kier alpha value is -1.19. The third-order valence-electron chi connectivity index (χ3n) is 4.23. The zero-order chi connectivity index (χ0) is 14.7. The lowest BCUT2D eigenvalue weighted by Crippen LogP contribution is -2.28. The normalized spacial score (nSPS) is 16.5. The first-order chi connectivity index (χ1) is 10.2. The van der Waals surface area contributed by atoms with E-state index in [-0.39, 0.29) is 0 Å². The molecular weight excluding hydrogens is 276 g/mol. The van der Waals surface area contributed by atoms with Crippen LogP contribution in [0.1, 0.15) is 49.6 Å². The minimum atomic E-state index is 0.587. The van der Waals surface area contributed by atoms with E-state index in [9.17, 15) is 0 Å². The summed E-state index contributed by atoms with van der Waals surface area (Å²) in [5.74, 6) is 0.587. The number of hydrogen-bond donors (Lipinski definition) is 0. The Balaban J connectivity index is 1.69. The van der Waals surface area contributed by atoms with Crippen LogP contribution in [0, 0.1) is 0 Å². The standard InChI is InChI=1S/C18H24N2S/c1-14(2)15-6-8-16(9-7-15)17-13-21-18(19-17)12-20-10-4-3-5-11-20/h6-9,13-14H,3-5,10-12H2,1-2H3. The Kier molecular flexibility index (Phi) is 4.71. The summed E-state index contributed by atoms with van der Waals surface area (Å²) in [6.45, 7) is 7.95. The summed E-state index contributed by atoms with van der Waals surface area (Å²) in [6, 6.07) is 8.86. The van der Waals surface area contributed by atoms with Crippen LogP contribution in [0.4, 0.5) is 0 Å². The van der Waals surface area contributed by atoms with Crippen LogP contribution >= 0.6 is 11.3 Å². The second-order valence-corrected chi connectivity index (χ2v) is 7.18. The van der Waals surface area contributed by atoms with Gasteiger partial charge in [-0.25, -0.2) is 4.98 Å². The molecule has 1 saturated heterocycles. The van der Waals surface area contributed by atoms with Crippen molar-refractivity contribution in [2.45, 2.75) is 45.6 Å². The van der Waals surface area contributed by atoms with Crippen molar-refractivity contribution in [2.75, 3.05) is 13.1 Å². The van der Waals surface area contributed by atoms with E-state index in [0.29, 0.717) is 5.92 Å². The lowest BCUT2D eigenvalue weighted by atomic mass is 10.0. The Labute approximate surface area is 131 Å². The number of rotatable bonds is 4. The van der Waals surface area contributed by atoms with E-state index < -0.39 is 0 Å². The van der Waals surface area contributed by atoms with Gasteiger partial charge in [0.2, 0.25) is 0 Å². The van der Waals surface area contributed by atoms with Gasteiger partial charge in [-0.15, -0.1) is 11.3 Å². The number of thiazole rings is 1. The number of likely N-dealkylation sites (tertiary alicyclic amines) is 1. The molecule has 1 aliphatic heterocycles. The van der Waals surface area contributed by atoms with Crippen LogP contribution in [0.3, 0.4) is 0 Å². The SMILES string of the molecule is CC(C)c1ccc(-c2csc(CN3CCCCC3)n2)cc1. The van der Waals surface area contributed by atoms with E-state index >= 15 is 0 Å². The van der Waals surface area contributed by atoms with Crippen molar-refractivity contribution in [3.63, 3.8) is 0 Å². The van der Waals surface area contributed by atoms with Gasteiger partial charge in [-0.2, -0.15) is 0 Å². The highest BCUT2D eigenvalue weighted by atomic mass is 32.1. The highest BCUT2D eigenvalue weighted by molar-refractivity contribution is 7.09. The Morgan fingerprint density at radius 1 is 1.10 bits per heavy atom. The Morgan fingerprint density at radius 2 is 1.81 bits per heavy atom. The van der Waals surface area contributed by atoms with Gasteiger partial charge < -0.3 is 0 Å². The second-order valence-electron chi connectivity index (χ2n) is 6.24. The van der Waals surface area contributed by atoms with Gasteiger partial charge in [0.05, 0.1) is 12.2 Å². The van der Waals surface area contributed by atoms with Crippen LogP contribution in [-0.2, 0) is 6.54 Å². The van der Waals surface area contributed by atoms with Crippen molar-refractivity contribution >= 4 is 11.3 Å². The van der Waals surface area contributed by atoms with Gasteiger partial charge in [-0.05, 0) is 37.4 Å². The quantitative estimate of drug-likeness (QED) is 0.796. The summed E-state index contributed by atoms with van der Waals surface area (Å²) in [4.78, 5) is 7.36.